The maximum Gasteiger partial charge on any atom is 0.244 e. The fourth-order valence-electron chi connectivity index (χ4n) is 2.50. The summed E-state index contributed by atoms with van der Waals surface area (Å²) in [5.74, 6) is 0.591. The maximum absolute atomic E-state index is 12.4. The van der Waals surface area contributed by atoms with Gasteiger partial charge in [-0.05, 0) is 47.7 Å². The lowest BCUT2D eigenvalue weighted by atomic mass is 9.67. The quantitative estimate of drug-likeness (QED) is 0.779. The van der Waals surface area contributed by atoms with Gasteiger partial charge >= 0.3 is 0 Å². The highest BCUT2D eigenvalue weighted by Crippen LogP contribution is 2.43. The largest absolute Gasteiger partial charge is 0.452 e. The normalized spacial score (nSPS) is 17.9. The van der Waals surface area contributed by atoms with Crippen molar-refractivity contribution in [2.24, 2.45) is 5.41 Å². The molecule has 1 aliphatic carbocycles. The standard InChI is InChI=1S/C13H21BrN2O3S/c1-3-13(5-4-6-13)9-16-20(17,18)11-7-10(8-15-2)19-12(11)14/h7,15-16H,3-6,8-9H2,1-2H3. The first-order chi connectivity index (χ1) is 9.42. The summed E-state index contributed by atoms with van der Waals surface area (Å²) in [5, 5.41) is 2.93. The predicted molar refractivity (Wildman–Crippen MR) is 80.9 cm³/mol. The van der Waals surface area contributed by atoms with Gasteiger partial charge in [0.15, 0.2) is 4.67 Å². The maximum atomic E-state index is 12.4. The van der Waals surface area contributed by atoms with E-state index in [1.807, 2.05) is 0 Å². The van der Waals surface area contributed by atoms with Crippen LogP contribution in [-0.2, 0) is 16.6 Å². The number of halogens is 1. The third-order valence-electron chi connectivity index (χ3n) is 4.15. The molecule has 0 radical (unpaired) electrons. The van der Waals surface area contributed by atoms with Crippen LogP contribution >= 0.6 is 15.9 Å². The molecule has 1 aromatic rings. The van der Waals surface area contributed by atoms with Crippen molar-refractivity contribution >= 4 is 26.0 Å². The van der Waals surface area contributed by atoms with Crippen molar-refractivity contribution in [1.82, 2.24) is 10.0 Å². The van der Waals surface area contributed by atoms with Gasteiger partial charge < -0.3 is 9.73 Å². The number of rotatable bonds is 7. The van der Waals surface area contributed by atoms with Crippen LogP contribution in [0.2, 0.25) is 0 Å². The summed E-state index contributed by atoms with van der Waals surface area (Å²) in [6, 6.07) is 1.56. The Morgan fingerprint density at radius 1 is 1.45 bits per heavy atom. The first kappa shape index (κ1) is 16.0. The first-order valence-corrected chi connectivity index (χ1v) is 9.12. The van der Waals surface area contributed by atoms with Gasteiger partial charge in [-0.1, -0.05) is 13.3 Å². The zero-order valence-electron chi connectivity index (χ0n) is 11.8. The highest BCUT2D eigenvalue weighted by Gasteiger charge is 2.36. The van der Waals surface area contributed by atoms with Crippen LogP contribution in [0.5, 0.6) is 0 Å². The van der Waals surface area contributed by atoms with Gasteiger partial charge in [-0.3, -0.25) is 0 Å². The molecular formula is C13H21BrN2O3S. The molecule has 0 aromatic carbocycles. The Balaban J connectivity index is 2.10. The zero-order chi connectivity index (χ0) is 14.8. The van der Waals surface area contributed by atoms with E-state index >= 15 is 0 Å². The summed E-state index contributed by atoms with van der Waals surface area (Å²) >= 11 is 3.18. The SMILES string of the molecule is CCC1(CNS(=O)(=O)c2cc(CNC)oc2Br)CCC1. The van der Waals surface area contributed by atoms with Crippen molar-refractivity contribution in [3.8, 4) is 0 Å². The Bertz CT molecular complexity index is 559. The van der Waals surface area contributed by atoms with E-state index in [2.05, 4.69) is 32.9 Å². The predicted octanol–water partition coefficient (Wildman–Crippen LogP) is 2.62. The fraction of sp³-hybridized carbons (Fsp3) is 0.692. The van der Waals surface area contributed by atoms with E-state index in [9.17, 15) is 8.42 Å². The van der Waals surface area contributed by atoms with Crippen molar-refractivity contribution in [2.45, 2.75) is 44.0 Å². The Hall–Kier alpha value is -0.370. The Morgan fingerprint density at radius 2 is 2.15 bits per heavy atom. The van der Waals surface area contributed by atoms with E-state index in [0.29, 0.717) is 18.8 Å². The van der Waals surface area contributed by atoms with E-state index in [-0.39, 0.29) is 15.0 Å². The van der Waals surface area contributed by atoms with Crippen LogP contribution in [0.25, 0.3) is 0 Å². The van der Waals surface area contributed by atoms with Crippen LogP contribution in [0.15, 0.2) is 20.0 Å². The number of hydrogen-bond acceptors (Lipinski definition) is 4. The molecule has 0 amide bonds. The van der Waals surface area contributed by atoms with Crippen LogP contribution in [0, 0.1) is 5.41 Å². The molecule has 5 nitrogen and oxygen atoms in total. The van der Waals surface area contributed by atoms with Crippen molar-refractivity contribution in [3.05, 3.63) is 16.5 Å². The molecule has 0 atom stereocenters. The van der Waals surface area contributed by atoms with E-state index in [1.165, 1.54) is 6.42 Å². The highest BCUT2D eigenvalue weighted by molar-refractivity contribution is 9.10. The molecule has 1 fully saturated rings. The lowest BCUT2D eigenvalue weighted by Crippen LogP contribution is -2.41. The van der Waals surface area contributed by atoms with Gasteiger partial charge in [0.1, 0.15) is 10.7 Å². The van der Waals surface area contributed by atoms with E-state index in [0.717, 1.165) is 19.3 Å². The molecular weight excluding hydrogens is 344 g/mol. The minimum absolute atomic E-state index is 0.150. The topological polar surface area (TPSA) is 71.3 Å². The smallest absolute Gasteiger partial charge is 0.244 e. The van der Waals surface area contributed by atoms with Gasteiger partial charge in [-0.25, -0.2) is 13.1 Å². The van der Waals surface area contributed by atoms with Crippen molar-refractivity contribution in [1.29, 1.82) is 0 Å². The number of nitrogens with one attached hydrogen (secondary N) is 2. The van der Waals surface area contributed by atoms with E-state index in [4.69, 9.17) is 4.42 Å². The van der Waals surface area contributed by atoms with Crippen molar-refractivity contribution < 1.29 is 12.8 Å². The van der Waals surface area contributed by atoms with Crippen LogP contribution in [0.3, 0.4) is 0 Å². The molecule has 1 saturated carbocycles. The number of hydrogen-bond donors (Lipinski definition) is 2. The Morgan fingerprint density at radius 3 is 2.65 bits per heavy atom. The zero-order valence-corrected chi connectivity index (χ0v) is 14.2. The summed E-state index contributed by atoms with van der Waals surface area (Å²) < 4.78 is 33.1. The van der Waals surface area contributed by atoms with E-state index < -0.39 is 10.0 Å². The van der Waals surface area contributed by atoms with Gasteiger partial charge in [0, 0.05) is 12.6 Å². The second-order valence-corrected chi connectivity index (χ2v) is 7.87. The molecule has 0 bridgehead atoms. The van der Waals surface area contributed by atoms with Crippen LogP contribution < -0.4 is 10.0 Å². The minimum atomic E-state index is -3.53. The molecule has 2 rings (SSSR count). The second kappa shape index (κ2) is 6.17. The molecule has 0 aliphatic heterocycles. The van der Waals surface area contributed by atoms with Gasteiger partial charge in [-0.2, -0.15) is 0 Å². The lowest BCUT2D eigenvalue weighted by molar-refractivity contribution is 0.133. The van der Waals surface area contributed by atoms with Crippen molar-refractivity contribution in [3.63, 3.8) is 0 Å². The first-order valence-electron chi connectivity index (χ1n) is 6.85. The average molecular weight is 365 g/mol. The summed E-state index contributed by atoms with van der Waals surface area (Å²) in [6.45, 7) is 3.12. The average Bonchev–Trinajstić information content (AvgIpc) is 2.71. The van der Waals surface area contributed by atoms with E-state index in [1.54, 1.807) is 13.1 Å². The molecule has 0 spiro atoms. The molecule has 20 heavy (non-hydrogen) atoms. The Kier molecular flexibility index (Phi) is 4.94. The third-order valence-corrected chi connectivity index (χ3v) is 6.41. The second-order valence-electron chi connectivity index (χ2n) is 5.41. The molecule has 7 heteroatoms. The Labute approximate surface area is 128 Å². The fourth-order valence-corrected chi connectivity index (χ4v) is 4.65. The molecule has 2 N–H and O–H groups in total. The summed E-state index contributed by atoms with van der Waals surface area (Å²) in [6.07, 6.45) is 4.40. The van der Waals surface area contributed by atoms with Crippen molar-refractivity contribution in [2.75, 3.05) is 13.6 Å². The van der Waals surface area contributed by atoms with Crippen LogP contribution in [0.4, 0.5) is 0 Å². The summed E-state index contributed by atoms with van der Waals surface area (Å²) in [4.78, 5) is 0.174. The summed E-state index contributed by atoms with van der Waals surface area (Å²) in [5.41, 5.74) is 0.150. The van der Waals surface area contributed by atoms with Gasteiger partial charge in [0.25, 0.3) is 0 Å². The highest BCUT2D eigenvalue weighted by atomic mass is 79.9. The minimum Gasteiger partial charge on any atom is -0.452 e. The molecule has 1 aromatic heterocycles. The molecule has 114 valence electrons. The third kappa shape index (κ3) is 3.27. The summed E-state index contributed by atoms with van der Waals surface area (Å²) in [7, 11) is -1.74. The molecule has 0 saturated heterocycles. The molecule has 0 unspecified atom stereocenters. The number of sulfonamides is 1. The molecule has 1 heterocycles. The van der Waals surface area contributed by atoms with Crippen LogP contribution in [-0.4, -0.2) is 22.0 Å². The lowest BCUT2D eigenvalue weighted by Gasteiger charge is -2.41. The van der Waals surface area contributed by atoms with Gasteiger partial charge in [0.2, 0.25) is 10.0 Å². The monoisotopic (exact) mass is 364 g/mol. The van der Waals surface area contributed by atoms with Gasteiger partial charge in [0.05, 0.1) is 6.54 Å². The number of furan rings is 1. The van der Waals surface area contributed by atoms with Gasteiger partial charge in [-0.15, -0.1) is 0 Å². The van der Waals surface area contributed by atoms with Crippen LogP contribution in [0.1, 0.15) is 38.4 Å². The molecule has 1 aliphatic rings.